The maximum Gasteiger partial charge on any atom is 0.242 e. The maximum atomic E-state index is 13.1. The minimum Gasteiger partial charge on any atom is -0.467 e. The first-order valence-corrected chi connectivity index (χ1v) is 10.8. The lowest BCUT2D eigenvalue weighted by atomic mass is 10.1. The van der Waals surface area contributed by atoms with Gasteiger partial charge in [0, 0.05) is 26.1 Å². The summed E-state index contributed by atoms with van der Waals surface area (Å²) >= 11 is 0. The topological polar surface area (TPSA) is 63.0 Å². The van der Waals surface area contributed by atoms with Crippen LogP contribution in [0.4, 0.5) is 0 Å². The lowest BCUT2D eigenvalue weighted by Gasteiger charge is -2.29. The van der Waals surface area contributed by atoms with Crippen LogP contribution in [0.15, 0.2) is 22.8 Å². The lowest BCUT2D eigenvalue weighted by molar-refractivity contribution is -0.142. The summed E-state index contributed by atoms with van der Waals surface area (Å²) in [6.07, 6.45) is 9.15. The van der Waals surface area contributed by atoms with E-state index in [0.29, 0.717) is 26.1 Å². The summed E-state index contributed by atoms with van der Waals surface area (Å²) in [7, 11) is 0. The first-order valence-electron chi connectivity index (χ1n) is 10.8. The molecule has 1 aliphatic rings. The number of carbonyl (C=O) groups is 2. The number of furan rings is 1. The number of carbonyl (C=O) groups excluding carboxylic acids is 2. The third-order valence-corrected chi connectivity index (χ3v) is 5.18. The van der Waals surface area contributed by atoms with Gasteiger partial charge >= 0.3 is 0 Å². The molecule has 158 valence electrons. The van der Waals surface area contributed by atoms with Gasteiger partial charge in [0.1, 0.15) is 5.76 Å². The Morgan fingerprint density at radius 1 is 1.11 bits per heavy atom. The predicted molar refractivity (Wildman–Crippen MR) is 109 cm³/mol. The highest BCUT2D eigenvalue weighted by Gasteiger charge is 2.26. The fourth-order valence-electron chi connectivity index (χ4n) is 3.47. The Bertz CT molecular complexity index is 567. The van der Waals surface area contributed by atoms with Crippen LogP contribution in [0.1, 0.15) is 71.0 Å². The van der Waals surface area contributed by atoms with Gasteiger partial charge in [0.25, 0.3) is 0 Å². The van der Waals surface area contributed by atoms with Crippen LogP contribution < -0.4 is 0 Å². The van der Waals surface area contributed by atoms with Gasteiger partial charge in [-0.2, -0.15) is 0 Å². The Kier molecular flexibility index (Phi) is 10.1. The molecule has 2 heterocycles. The zero-order chi connectivity index (χ0) is 20.2. The van der Waals surface area contributed by atoms with E-state index < -0.39 is 0 Å². The van der Waals surface area contributed by atoms with Crippen LogP contribution in [0.2, 0.25) is 0 Å². The van der Waals surface area contributed by atoms with E-state index in [1.807, 2.05) is 12.1 Å². The summed E-state index contributed by atoms with van der Waals surface area (Å²) in [5.74, 6) is 0.804. The molecule has 0 aliphatic carbocycles. The van der Waals surface area contributed by atoms with Gasteiger partial charge in [-0.25, -0.2) is 0 Å². The van der Waals surface area contributed by atoms with E-state index in [0.717, 1.165) is 57.3 Å². The number of nitrogens with zero attached hydrogens (tertiary/aromatic N) is 2. The molecule has 0 spiro atoms. The van der Waals surface area contributed by atoms with Crippen molar-refractivity contribution in [3.8, 4) is 0 Å². The zero-order valence-electron chi connectivity index (χ0n) is 17.5. The van der Waals surface area contributed by atoms with Gasteiger partial charge in [-0.1, -0.05) is 33.1 Å². The molecule has 1 fully saturated rings. The molecular formula is C22H36N2O4. The van der Waals surface area contributed by atoms with Crippen LogP contribution in [-0.2, 0) is 20.9 Å². The van der Waals surface area contributed by atoms with Crippen LogP contribution in [0.25, 0.3) is 0 Å². The van der Waals surface area contributed by atoms with Crippen molar-refractivity contribution in [2.75, 3.05) is 26.2 Å². The highest BCUT2D eigenvalue weighted by molar-refractivity contribution is 5.84. The number of unbranched alkanes of at least 4 members (excludes halogenated alkanes) is 3. The van der Waals surface area contributed by atoms with Crippen LogP contribution >= 0.6 is 0 Å². The van der Waals surface area contributed by atoms with Crippen LogP contribution in [0, 0.1) is 0 Å². The first kappa shape index (κ1) is 22.5. The van der Waals surface area contributed by atoms with E-state index in [-0.39, 0.29) is 24.5 Å². The second kappa shape index (κ2) is 12.6. The molecule has 0 radical (unpaired) electrons. The molecule has 1 aromatic rings. The number of rotatable bonds is 13. The number of hydrogen-bond acceptors (Lipinski definition) is 4. The molecule has 0 unspecified atom stereocenters. The van der Waals surface area contributed by atoms with Gasteiger partial charge in [-0.15, -0.1) is 0 Å². The molecule has 1 aromatic heterocycles. The fourth-order valence-corrected chi connectivity index (χ4v) is 3.47. The Labute approximate surface area is 169 Å². The van der Waals surface area contributed by atoms with E-state index in [9.17, 15) is 9.59 Å². The van der Waals surface area contributed by atoms with E-state index >= 15 is 0 Å². The van der Waals surface area contributed by atoms with Crippen molar-refractivity contribution in [1.82, 2.24) is 9.80 Å². The van der Waals surface area contributed by atoms with Crippen molar-refractivity contribution in [2.24, 2.45) is 0 Å². The van der Waals surface area contributed by atoms with Gasteiger partial charge in [0.15, 0.2) is 0 Å². The van der Waals surface area contributed by atoms with Gasteiger partial charge in [0.05, 0.1) is 25.5 Å². The molecule has 1 aliphatic heterocycles. The van der Waals surface area contributed by atoms with E-state index in [1.54, 1.807) is 16.1 Å². The molecule has 2 rings (SSSR count). The van der Waals surface area contributed by atoms with Crippen LogP contribution in [-0.4, -0.2) is 54.0 Å². The molecule has 6 nitrogen and oxygen atoms in total. The standard InChI is InChI=1S/C22H36N2O4/c1-3-5-7-12-21(25)23(13-6-4-2)18-22(26)24(16-19-10-8-14-27-19)17-20-11-9-15-28-20/h8,10,14,20H,3-7,9,11-13,15-18H2,1-2H3/t20-/m1/s1. The Hall–Kier alpha value is -1.82. The molecule has 1 saturated heterocycles. The van der Waals surface area contributed by atoms with Crippen LogP contribution in [0.3, 0.4) is 0 Å². The second-order valence-electron chi connectivity index (χ2n) is 7.61. The molecule has 6 heteroatoms. The summed E-state index contributed by atoms with van der Waals surface area (Å²) in [4.78, 5) is 29.3. The molecule has 0 bridgehead atoms. The summed E-state index contributed by atoms with van der Waals surface area (Å²) in [5, 5.41) is 0. The van der Waals surface area contributed by atoms with Crippen molar-refractivity contribution < 1.29 is 18.7 Å². The number of amides is 2. The minimum absolute atomic E-state index is 0.0353. The van der Waals surface area contributed by atoms with Crippen molar-refractivity contribution >= 4 is 11.8 Å². The SMILES string of the molecule is CCCCCC(=O)N(CCCC)CC(=O)N(Cc1ccco1)C[C@H]1CCCO1. The largest absolute Gasteiger partial charge is 0.467 e. The Morgan fingerprint density at radius 2 is 1.93 bits per heavy atom. The highest BCUT2D eigenvalue weighted by atomic mass is 16.5. The number of ether oxygens (including phenoxy) is 1. The zero-order valence-corrected chi connectivity index (χ0v) is 17.5. The van der Waals surface area contributed by atoms with Crippen LogP contribution in [0.5, 0.6) is 0 Å². The van der Waals surface area contributed by atoms with Crippen molar-refractivity contribution in [2.45, 2.75) is 77.9 Å². The van der Waals surface area contributed by atoms with Crippen molar-refractivity contribution in [3.63, 3.8) is 0 Å². The van der Waals surface area contributed by atoms with Crippen molar-refractivity contribution in [3.05, 3.63) is 24.2 Å². The maximum absolute atomic E-state index is 13.1. The third-order valence-electron chi connectivity index (χ3n) is 5.18. The molecule has 0 aromatic carbocycles. The smallest absolute Gasteiger partial charge is 0.242 e. The van der Waals surface area contributed by atoms with Gasteiger partial charge in [-0.05, 0) is 37.8 Å². The van der Waals surface area contributed by atoms with Gasteiger partial charge in [0.2, 0.25) is 11.8 Å². The van der Waals surface area contributed by atoms with E-state index in [1.165, 1.54) is 0 Å². The summed E-state index contributed by atoms with van der Waals surface area (Å²) in [6, 6.07) is 3.70. The fraction of sp³-hybridized carbons (Fsp3) is 0.727. The van der Waals surface area contributed by atoms with Crippen molar-refractivity contribution in [1.29, 1.82) is 0 Å². The molecule has 2 amide bonds. The van der Waals surface area contributed by atoms with Gasteiger partial charge < -0.3 is 19.0 Å². The molecule has 0 saturated carbocycles. The highest BCUT2D eigenvalue weighted by Crippen LogP contribution is 2.16. The summed E-state index contributed by atoms with van der Waals surface area (Å²) in [6.45, 7) is 6.72. The lowest BCUT2D eigenvalue weighted by Crippen LogP contribution is -2.45. The third kappa shape index (κ3) is 7.66. The molecule has 28 heavy (non-hydrogen) atoms. The average Bonchev–Trinajstić information content (AvgIpc) is 3.38. The summed E-state index contributed by atoms with van der Waals surface area (Å²) in [5.41, 5.74) is 0. The van der Waals surface area contributed by atoms with E-state index in [4.69, 9.17) is 9.15 Å². The van der Waals surface area contributed by atoms with E-state index in [2.05, 4.69) is 13.8 Å². The first-order chi connectivity index (χ1) is 13.6. The predicted octanol–water partition coefficient (Wildman–Crippen LogP) is 4.00. The van der Waals surface area contributed by atoms with Gasteiger partial charge in [-0.3, -0.25) is 9.59 Å². The normalized spacial score (nSPS) is 16.3. The Balaban J connectivity index is 1.99. The average molecular weight is 393 g/mol. The molecule has 0 N–H and O–H groups in total. The minimum atomic E-state index is -0.0353. The summed E-state index contributed by atoms with van der Waals surface area (Å²) < 4.78 is 11.2. The Morgan fingerprint density at radius 3 is 2.57 bits per heavy atom. The molecule has 1 atom stereocenters. The quantitative estimate of drug-likeness (QED) is 0.476. The second-order valence-corrected chi connectivity index (χ2v) is 7.61. The molecular weight excluding hydrogens is 356 g/mol. The monoisotopic (exact) mass is 392 g/mol. The number of hydrogen-bond donors (Lipinski definition) is 0.